The van der Waals surface area contributed by atoms with Crippen LogP contribution in [0.2, 0.25) is 0 Å². The highest BCUT2D eigenvalue weighted by Gasteiger charge is 2.42. The van der Waals surface area contributed by atoms with E-state index in [2.05, 4.69) is 29.4 Å². The van der Waals surface area contributed by atoms with E-state index in [1.807, 2.05) is 42.7 Å². The standard InChI is InChI=1S/C34H42N4O7S2/c1-4-6-16-34(5-2)22-38(25-13-8-7-9-14-25)27-17-29(46-3)28(18-30(27)47(43,44)23-34)45-21-32(40)35-19-24-12-10-11-15-26(24)33(41)36-20-31(39)37-42/h7-15,17-18,42H,4-6,16,19-23H2,1-3H3,(H,35,40)(H,36,41)(H,37,39). The Bertz CT molecular complexity index is 1680. The third kappa shape index (κ3) is 8.85. The van der Waals surface area contributed by atoms with Crippen LogP contribution < -0.4 is 25.8 Å². The smallest absolute Gasteiger partial charge is 0.262 e. The lowest BCUT2D eigenvalue weighted by Gasteiger charge is -2.36. The highest BCUT2D eigenvalue weighted by Crippen LogP contribution is 2.47. The summed E-state index contributed by atoms with van der Waals surface area (Å²) in [4.78, 5) is 39.7. The molecule has 0 saturated heterocycles. The van der Waals surface area contributed by atoms with Crippen molar-refractivity contribution in [2.75, 3.05) is 36.6 Å². The molecule has 1 heterocycles. The average Bonchev–Trinajstić information content (AvgIpc) is 3.19. The zero-order valence-electron chi connectivity index (χ0n) is 26.9. The number of thioether (sulfide) groups is 1. The zero-order valence-corrected chi connectivity index (χ0v) is 28.5. The molecule has 0 fully saturated rings. The normalized spacial score (nSPS) is 16.8. The zero-order chi connectivity index (χ0) is 34.0. The number of amides is 3. The van der Waals surface area contributed by atoms with Gasteiger partial charge in [-0.15, -0.1) is 11.8 Å². The van der Waals surface area contributed by atoms with Crippen molar-refractivity contribution in [3.05, 3.63) is 77.9 Å². The number of benzene rings is 3. The highest BCUT2D eigenvalue weighted by atomic mass is 32.2. The molecule has 1 aliphatic heterocycles. The van der Waals surface area contributed by atoms with Gasteiger partial charge in [-0.25, -0.2) is 13.9 Å². The van der Waals surface area contributed by atoms with Crippen LogP contribution in [-0.4, -0.2) is 63.1 Å². The third-order valence-corrected chi connectivity index (χ3v) is 11.1. The van der Waals surface area contributed by atoms with E-state index in [0.29, 0.717) is 34.9 Å². The molecule has 4 rings (SSSR count). The van der Waals surface area contributed by atoms with Gasteiger partial charge in [-0.3, -0.25) is 19.6 Å². The molecule has 252 valence electrons. The number of fused-ring (bicyclic) bond motifs is 1. The number of carbonyl (C=O) groups excluding carboxylic acids is 3. The molecule has 3 aromatic rings. The second-order valence-electron chi connectivity index (χ2n) is 11.5. The van der Waals surface area contributed by atoms with E-state index < -0.39 is 39.5 Å². The van der Waals surface area contributed by atoms with Gasteiger partial charge in [0, 0.05) is 35.8 Å². The van der Waals surface area contributed by atoms with Gasteiger partial charge in [-0.1, -0.05) is 63.1 Å². The SMILES string of the molecule is CCCCC1(CC)CN(c2ccccc2)c2cc(SC)c(OCC(=O)NCc3ccccc3C(=O)NCC(=O)NO)cc2S(=O)(=O)C1. The van der Waals surface area contributed by atoms with Crippen molar-refractivity contribution in [2.24, 2.45) is 5.41 Å². The van der Waals surface area contributed by atoms with Crippen molar-refractivity contribution in [3.63, 3.8) is 0 Å². The molecule has 11 nitrogen and oxygen atoms in total. The molecule has 1 atom stereocenters. The first-order valence-corrected chi connectivity index (χ1v) is 18.4. The first kappa shape index (κ1) is 35.8. The number of anilines is 2. The number of ether oxygens (including phenoxy) is 1. The van der Waals surface area contributed by atoms with Crippen molar-refractivity contribution >= 4 is 50.7 Å². The van der Waals surface area contributed by atoms with Gasteiger partial charge in [0.15, 0.2) is 16.4 Å². The summed E-state index contributed by atoms with van der Waals surface area (Å²) in [5, 5.41) is 13.8. The lowest BCUT2D eigenvalue weighted by atomic mass is 9.81. The summed E-state index contributed by atoms with van der Waals surface area (Å²) in [5.41, 5.74) is 3.27. The Morgan fingerprint density at radius 3 is 2.40 bits per heavy atom. The first-order chi connectivity index (χ1) is 22.6. The molecule has 1 aliphatic rings. The monoisotopic (exact) mass is 682 g/mol. The van der Waals surface area contributed by atoms with E-state index in [1.54, 1.807) is 30.3 Å². The van der Waals surface area contributed by atoms with Crippen LogP contribution in [0.25, 0.3) is 0 Å². The molecule has 0 radical (unpaired) electrons. The van der Waals surface area contributed by atoms with Crippen LogP contribution in [0, 0.1) is 5.41 Å². The summed E-state index contributed by atoms with van der Waals surface area (Å²) in [6.07, 6.45) is 5.27. The Morgan fingerprint density at radius 1 is 1.00 bits per heavy atom. The number of hydrogen-bond donors (Lipinski definition) is 4. The third-order valence-electron chi connectivity index (χ3n) is 8.37. The largest absolute Gasteiger partial charge is 0.483 e. The number of nitrogens with one attached hydrogen (secondary N) is 3. The molecular weight excluding hydrogens is 641 g/mol. The van der Waals surface area contributed by atoms with Crippen LogP contribution in [0.3, 0.4) is 0 Å². The Balaban J connectivity index is 1.57. The Labute approximate surface area is 280 Å². The minimum Gasteiger partial charge on any atom is -0.483 e. The van der Waals surface area contributed by atoms with Gasteiger partial charge in [0.1, 0.15) is 5.75 Å². The van der Waals surface area contributed by atoms with E-state index in [0.717, 1.165) is 24.9 Å². The molecule has 3 amide bonds. The Hall–Kier alpha value is -4.07. The van der Waals surface area contributed by atoms with Crippen molar-refractivity contribution in [3.8, 4) is 5.75 Å². The van der Waals surface area contributed by atoms with Crippen LogP contribution in [0.4, 0.5) is 11.4 Å². The predicted octanol–water partition coefficient (Wildman–Crippen LogP) is 4.85. The van der Waals surface area contributed by atoms with Gasteiger partial charge in [0.05, 0.1) is 27.8 Å². The summed E-state index contributed by atoms with van der Waals surface area (Å²) < 4.78 is 34.2. The molecule has 1 unspecified atom stereocenters. The quantitative estimate of drug-likeness (QED) is 0.106. The molecule has 0 spiro atoms. The molecule has 13 heteroatoms. The first-order valence-electron chi connectivity index (χ1n) is 15.5. The number of unbranched alkanes of at least 4 members (excludes halogenated alkanes) is 1. The summed E-state index contributed by atoms with van der Waals surface area (Å²) in [5.74, 6) is -1.48. The minimum absolute atomic E-state index is 0.00876. The number of rotatable bonds is 14. The van der Waals surface area contributed by atoms with E-state index in [9.17, 15) is 22.8 Å². The fraction of sp³-hybridized carbons (Fsp3) is 0.382. The van der Waals surface area contributed by atoms with Crippen LogP contribution in [-0.2, 0) is 26.0 Å². The molecule has 4 N–H and O–H groups in total. The van der Waals surface area contributed by atoms with Crippen LogP contribution in [0.1, 0.15) is 55.5 Å². The summed E-state index contributed by atoms with van der Waals surface area (Å²) >= 11 is 1.40. The van der Waals surface area contributed by atoms with Gasteiger partial charge in [-0.2, -0.15) is 0 Å². The van der Waals surface area contributed by atoms with E-state index in [-0.39, 0.29) is 29.4 Å². The summed E-state index contributed by atoms with van der Waals surface area (Å²) in [6.45, 7) is 3.94. The van der Waals surface area contributed by atoms with Gasteiger partial charge < -0.3 is 20.3 Å². The minimum atomic E-state index is -3.73. The number of para-hydroxylation sites is 1. The van der Waals surface area contributed by atoms with Gasteiger partial charge >= 0.3 is 0 Å². The predicted molar refractivity (Wildman–Crippen MR) is 182 cm³/mol. The number of carbonyl (C=O) groups is 3. The molecule has 0 aliphatic carbocycles. The average molecular weight is 683 g/mol. The maximum atomic E-state index is 14.1. The second-order valence-corrected chi connectivity index (χ2v) is 14.4. The van der Waals surface area contributed by atoms with Crippen molar-refractivity contribution in [1.29, 1.82) is 0 Å². The van der Waals surface area contributed by atoms with Crippen LogP contribution >= 0.6 is 11.8 Å². The van der Waals surface area contributed by atoms with E-state index in [1.165, 1.54) is 17.2 Å². The summed E-state index contributed by atoms with van der Waals surface area (Å²) in [7, 11) is -3.73. The van der Waals surface area contributed by atoms with Crippen molar-refractivity contribution < 1.29 is 32.7 Å². The Morgan fingerprint density at radius 2 is 1.72 bits per heavy atom. The second kappa shape index (κ2) is 16.2. The number of hydrogen-bond acceptors (Lipinski definition) is 9. The molecule has 3 aromatic carbocycles. The maximum Gasteiger partial charge on any atom is 0.262 e. The van der Waals surface area contributed by atoms with Crippen molar-refractivity contribution in [2.45, 2.75) is 55.9 Å². The lowest BCUT2D eigenvalue weighted by molar-refractivity contribution is -0.128. The maximum absolute atomic E-state index is 14.1. The van der Waals surface area contributed by atoms with Gasteiger partial charge in [-0.05, 0) is 48.9 Å². The van der Waals surface area contributed by atoms with Crippen LogP contribution in [0.15, 0.2) is 76.5 Å². The van der Waals surface area contributed by atoms with E-state index in [4.69, 9.17) is 9.94 Å². The molecular formula is C34H42N4O7S2. The molecule has 0 saturated carbocycles. The van der Waals surface area contributed by atoms with Crippen LogP contribution in [0.5, 0.6) is 5.75 Å². The molecule has 47 heavy (non-hydrogen) atoms. The number of nitrogens with zero attached hydrogens (tertiary/aromatic N) is 1. The Kier molecular flexibility index (Phi) is 12.3. The highest BCUT2D eigenvalue weighted by molar-refractivity contribution is 7.98. The fourth-order valence-corrected chi connectivity index (χ4v) is 8.45. The van der Waals surface area contributed by atoms with Gasteiger partial charge in [0.2, 0.25) is 0 Å². The molecule has 0 bridgehead atoms. The van der Waals surface area contributed by atoms with Crippen molar-refractivity contribution in [1.82, 2.24) is 16.1 Å². The topological polar surface area (TPSA) is 154 Å². The van der Waals surface area contributed by atoms with E-state index >= 15 is 0 Å². The lowest BCUT2D eigenvalue weighted by Crippen LogP contribution is -2.37. The summed E-state index contributed by atoms with van der Waals surface area (Å²) in [6, 6.07) is 19.8. The fourth-order valence-electron chi connectivity index (χ4n) is 5.72. The van der Waals surface area contributed by atoms with Gasteiger partial charge in [0.25, 0.3) is 17.7 Å². The number of hydroxylamine groups is 1. The molecule has 0 aromatic heterocycles. The number of sulfone groups is 1.